The van der Waals surface area contributed by atoms with Gasteiger partial charge in [0.05, 0.1) is 13.2 Å². The predicted molar refractivity (Wildman–Crippen MR) is 80.5 cm³/mol. The third-order valence-electron chi connectivity index (χ3n) is 4.43. The van der Waals surface area contributed by atoms with Gasteiger partial charge in [-0.25, -0.2) is 8.78 Å². The number of carbonyl (C=O) groups excluding carboxylic acids is 1. The number of nitrogens with zero attached hydrogens (tertiary/aromatic N) is 3. The first kappa shape index (κ1) is 16.3. The van der Waals surface area contributed by atoms with Crippen molar-refractivity contribution in [3.63, 3.8) is 0 Å². The molecule has 23 heavy (non-hydrogen) atoms. The molecule has 5 nitrogen and oxygen atoms in total. The van der Waals surface area contributed by atoms with Crippen LogP contribution in [0.1, 0.15) is 23.8 Å². The van der Waals surface area contributed by atoms with Crippen LogP contribution in [0, 0.1) is 0 Å². The Morgan fingerprint density at radius 1 is 1.43 bits per heavy atom. The lowest BCUT2D eigenvalue weighted by Gasteiger charge is -2.45. The van der Waals surface area contributed by atoms with Crippen LogP contribution < -0.4 is 0 Å². The van der Waals surface area contributed by atoms with Crippen molar-refractivity contribution in [1.29, 1.82) is 0 Å². The lowest BCUT2D eigenvalue weighted by atomic mass is 10.1. The molecule has 1 aromatic rings. The lowest BCUT2D eigenvalue weighted by molar-refractivity contribution is -0.0150. The summed E-state index contributed by atoms with van der Waals surface area (Å²) in [4.78, 5) is 19.7. The van der Waals surface area contributed by atoms with E-state index in [2.05, 4.69) is 4.98 Å². The van der Waals surface area contributed by atoms with Crippen LogP contribution in [-0.2, 0) is 4.74 Å². The number of alkyl halides is 2. The number of amides is 1. The van der Waals surface area contributed by atoms with E-state index < -0.39 is 5.92 Å². The van der Waals surface area contributed by atoms with Crippen molar-refractivity contribution in [1.82, 2.24) is 14.8 Å². The highest BCUT2D eigenvalue weighted by atomic mass is 19.3. The van der Waals surface area contributed by atoms with Crippen LogP contribution in [0.15, 0.2) is 24.4 Å². The van der Waals surface area contributed by atoms with E-state index in [0.717, 1.165) is 0 Å². The second-order valence-corrected chi connectivity index (χ2v) is 6.12. The Morgan fingerprint density at radius 3 is 2.87 bits per heavy atom. The fourth-order valence-electron chi connectivity index (χ4n) is 3.24. The third kappa shape index (κ3) is 3.50. The standard InChI is InChI=1S/C16H21F2N3O2/c1-2-23-10-12-7-16(17,18)11-21(12)13-8-20(9-13)15(22)14-5-3-4-6-19-14/h3-6,12-13H,2,7-11H2,1H3/t12-/m0/s1. The number of pyridine rings is 1. The minimum atomic E-state index is -2.67. The van der Waals surface area contributed by atoms with Crippen molar-refractivity contribution >= 4 is 5.91 Å². The highest BCUT2D eigenvalue weighted by molar-refractivity contribution is 5.92. The maximum absolute atomic E-state index is 13.7. The molecule has 7 heteroatoms. The number of aromatic nitrogens is 1. The van der Waals surface area contributed by atoms with Crippen molar-refractivity contribution < 1.29 is 18.3 Å². The molecule has 0 radical (unpaired) electrons. The van der Waals surface area contributed by atoms with Crippen molar-refractivity contribution in [2.75, 3.05) is 32.8 Å². The van der Waals surface area contributed by atoms with Crippen LogP contribution >= 0.6 is 0 Å². The van der Waals surface area contributed by atoms with Crippen molar-refractivity contribution in [3.05, 3.63) is 30.1 Å². The van der Waals surface area contributed by atoms with E-state index in [0.29, 0.717) is 32.0 Å². The van der Waals surface area contributed by atoms with Gasteiger partial charge in [0.1, 0.15) is 5.69 Å². The molecule has 126 valence electrons. The minimum Gasteiger partial charge on any atom is -0.380 e. The number of halogens is 2. The molecule has 2 fully saturated rings. The average Bonchev–Trinajstić information content (AvgIpc) is 2.79. The van der Waals surface area contributed by atoms with Gasteiger partial charge < -0.3 is 9.64 Å². The smallest absolute Gasteiger partial charge is 0.272 e. The number of rotatable bonds is 5. The van der Waals surface area contributed by atoms with Gasteiger partial charge in [0, 0.05) is 44.4 Å². The second-order valence-electron chi connectivity index (χ2n) is 6.12. The Kier molecular flexibility index (Phi) is 4.59. The van der Waals surface area contributed by atoms with Gasteiger partial charge in [-0.05, 0) is 19.1 Å². The summed E-state index contributed by atoms with van der Waals surface area (Å²) in [6.45, 7) is 3.37. The van der Waals surface area contributed by atoms with Crippen LogP contribution in [-0.4, -0.2) is 71.5 Å². The topological polar surface area (TPSA) is 45.7 Å². The number of carbonyl (C=O) groups is 1. The largest absolute Gasteiger partial charge is 0.380 e. The zero-order valence-corrected chi connectivity index (χ0v) is 13.1. The van der Waals surface area contributed by atoms with E-state index in [-0.39, 0.29) is 31.0 Å². The molecule has 1 aromatic heterocycles. The van der Waals surface area contributed by atoms with E-state index in [1.165, 1.54) is 0 Å². The van der Waals surface area contributed by atoms with Gasteiger partial charge >= 0.3 is 0 Å². The van der Waals surface area contributed by atoms with Crippen LogP contribution in [0.4, 0.5) is 8.78 Å². The molecule has 2 aliphatic rings. The Labute approximate surface area is 134 Å². The zero-order chi connectivity index (χ0) is 16.4. The number of likely N-dealkylation sites (tertiary alicyclic amines) is 2. The quantitative estimate of drug-likeness (QED) is 0.826. The summed E-state index contributed by atoms with van der Waals surface area (Å²) >= 11 is 0. The molecule has 0 aromatic carbocycles. The summed E-state index contributed by atoms with van der Waals surface area (Å²) in [5, 5.41) is 0. The molecule has 3 rings (SSSR count). The maximum atomic E-state index is 13.7. The monoisotopic (exact) mass is 325 g/mol. The number of hydrogen-bond donors (Lipinski definition) is 0. The van der Waals surface area contributed by atoms with Gasteiger partial charge in [0.25, 0.3) is 11.8 Å². The Hall–Kier alpha value is -1.60. The summed E-state index contributed by atoms with van der Waals surface area (Å²) in [7, 11) is 0. The third-order valence-corrected chi connectivity index (χ3v) is 4.43. The average molecular weight is 325 g/mol. The molecule has 0 bridgehead atoms. The first-order valence-corrected chi connectivity index (χ1v) is 7.92. The molecule has 0 aliphatic carbocycles. The molecule has 1 atom stereocenters. The molecule has 3 heterocycles. The summed E-state index contributed by atoms with van der Waals surface area (Å²) in [6.07, 6.45) is 1.40. The zero-order valence-electron chi connectivity index (χ0n) is 13.1. The van der Waals surface area contributed by atoms with Crippen LogP contribution in [0.2, 0.25) is 0 Å². The second kappa shape index (κ2) is 6.49. The van der Waals surface area contributed by atoms with Crippen LogP contribution in [0.5, 0.6) is 0 Å². The van der Waals surface area contributed by atoms with Gasteiger partial charge in [-0.3, -0.25) is 14.7 Å². The Balaban J connectivity index is 1.58. The molecule has 0 N–H and O–H groups in total. The molecule has 1 amide bonds. The van der Waals surface area contributed by atoms with Crippen LogP contribution in [0.3, 0.4) is 0 Å². The van der Waals surface area contributed by atoms with E-state index in [4.69, 9.17) is 4.74 Å². The van der Waals surface area contributed by atoms with E-state index in [1.807, 2.05) is 6.92 Å². The fourth-order valence-corrected chi connectivity index (χ4v) is 3.24. The van der Waals surface area contributed by atoms with Crippen molar-refractivity contribution in [2.24, 2.45) is 0 Å². The molecular formula is C16H21F2N3O2. The van der Waals surface area contributed by atoms with Gasteiger partial charge in [-0.2, -0.15) is 0 Å². The number of ether oxygens (including phenoxy) is 1. The predicted octanol–water partition coefficient (Wildman–Crippen LogP) is 1.65. The molecule has 2 aliphatic heterocycles. The SMILES string of the molecule is CCOC[C@@H]1CC(F)(F)CN1C1CN(C(=O)c2ccccn2)C1. The van der Waals surface area contributed by atoms with E-state index >= 15 is 0 Å². The van der Waals surface area contributed by atoms with Gasteiger partial charge in [0.2, 0.25) is 0 Å². The van der Waals surface area contributed by atoms with Gasteiger partial charge in [0.15, 0.2) is 0 Å². The highest BCUT2D eigenvalue weighted by Gasteiger charge is 2.50. The Bertz CT molecular complexity index is 550. The highest BCUT2D eigenvalue weighted by Crippen LogP contribution is 2.35. The first-order valence-electron chi connectivity index (χ1n) is 7.92. The fraction of sp³-hybridized carbons (Fsp3) is 0.625. The normalized spacial score (nSPS) is 24.7. The lowest BCUT2D eigenvalue weighted by Crippen LogP contribution is -2.62. The minimum absolute atomic E-state index is 0.0264. The van der Waals surface area contributed by atoms with Crippen molar-refractivity contribution in [2.45, 2.75) is 31.4 Å². The molecule has 0 unspecified atom stereocenters. The summed E-state index contributed by atoms with van der Waals surface area (Å²) < 4.78 is 32.8. The summed E-state index contributed by atoms with van der Waals surface area (Å²) in [6, 6.07) is 4.87. The maximum Gasteiger partial charge on any atom is 0.272 e. The van der Waals surface area contributed by atoms with Crippen molar-refractivity contribution in [3.8, 4) is 0 Å². The first-order chi connectivity index (χ1) is 11.0. The molecular weight excluding hydrogens is 304 g/mol. The van der Waals surface area contributed by atoms with Gasteiger partial charge in [-0.1, -0.05) is 6.07 Å². The molecule has 0 saturated carbocycles. The molecule has 2 saturated heterocycles. The van der Waals surface area contributed by atoms with E-state index in [1.54, 1.807) is 34.2 Å². The van der Waals surface area contributed by atoms with Crippen LogP contribution in [0.25, 0.3) is 0 Å². The summed E-state index contributed by atoms with van der Waals surface area (Å²) in [5.74, 6) is -2.82. The number of hydrogen-bond acceptors (Lipinski definition) is 4. The van der Waals surface area contributed by atoms with Gasteiger partial charge in [-0.15, -0.1) is 0 Å². The summed E-state index contributed by atoms with van der Waals surface area (Å²) in [5.41, 5.74) is 0.392. The van der Waals surface area contributed by atoms with E-state index in [9.17, 15) is 13.6 Å². The molecule has 0 spiro atoms. The Morgan fingerprint density at radius 2 is 2.22 bits per heavy atom.